The van der Waals surface area contributed by atoms with E-state index in [0.717, 1.165) is 72.0 Å². The molecule has 0 spiro atoms. The SMILES string of the molecule is CC(C)(C)OC(=O)CC(CCCCN1CCOCC1)N1CCOCC1. The highest BCUT2D eigenvalue weighted by atomic mass is 16.6. The average molecular weight is 357 g/mol. The third-order valence-electron chi connectivity index (χ3n) is 4.75. The van der Waals surface area contributed by atoms with Crippen molar-refractivity contribution in [3.63, 3.8) is 0 Å². The number of hydrogen-bond acceptors (Lipinski definition) is 6. The third-order valence-corrected chi connectivity index (χ3v) is 4.75. The van der Waals surface area contributed by atoms with Crippen molar-refractivity contribution in [3.05, 3.63) is 0 Å². The van der Waals surface area contributed by atoms with Crippen molar-refractivity contribution in [2.24, 2.45) is 0 Å². The molecule has 0 aromatic carbocycles. The lowest BCUT2D eigenvalue weighted by Gasteiger charge is -2.35. The summed E-state index contributed by atoms with van der Waals surface area (Å²) in [7, 11) is 0. The minimum absolute atomic E-state index is 0.0860. The maximum Gasteiger partial charge on any atom is 0.307 e. The Hall–Kier alpha value is -0.690. The molecule has 2 saturated heterocycles. The summed E-state index contributed by atoms with van der Waals surface area (Å²) in [5.74, 6) is -0.0860. The molecule has 0 aromatic heterocycles. The van der Waals surface area contributed by atoms with Gasteiger partial charge in [0.05, 0.1) is 32.8 Å². The predicted molar refractivity (Wildman–Crippen MR) is 97.8 cm³/mol. The van der Waals surface area contributed by atoms with Gasteiger partial charge in [0.15, 0.2) is 0 Å². The molecule has 2 rings (SSSR count). The molecule has 0 bridgehead atoms. The number of nitrogens with zero attached hydrogens (tertiary/aromatic N) is 2. The summed E-state index contributed by atoms with van der Waals surface area (Å²) in [6.07, 6.45) is 3.84. The highest BCUT2D eigenvalue weighted by Gasteiger charge is 2.26. The molecule has 0 N–H and O–H groups in total. The number of hydrogen-bond donors (Lipinski definition) is 0. The molecular weight excluding hydrogens is 320 g/mol. The molecule has 0 amide bonds. The van der Waals surface area contributed by atoms with E-state index in [1.165, 1.54) is 6.42 Å². The topological polar surface area (TPSA) is 51.2 Å². The summed E-state index contributed by atoms with van der Waals surface area (Å²) in [5, 5.41) is 0. The zero-order valence-electron chi connectivity index (χ0n) is 16.3. The van der Waals surface area contributed by atoms with Gasteiger partial charge in [-0.15, -0.1) is 0 Å². The smallest absolute Gasteiger partial charge is 0.307 e. The largest absolute Gasteiger partial charge is 0.460 e. The van der Waals surface area contributed by atoms with Crippen LogP contribution in [0.1, 0.15) is 46.5 Å². The van der Waals surface area contributed by atoms with E-state index in [1.807, 2.05) is 20.8 Å². The van der Waals surface area contributed by atoms with Gasteiger partial charge in [0, 0.05) is 32.2 Å². The van der Waals surface area contributed by atoms with E-state index in [9.17, 15) is 4.79 Å². The molecule has 2 fully saturated rings. The van der Waals surface area contributed by atoms with Crippen LogP contribution in [0, 0.1) is 0 Å². The summed E-state index contributed by atoms with van der Waals surface area (Å²) in [4.78, 5) is 17.2. The standard InChI is InChI=1S/C19H36N2O4/c1-19(2,3)25-18(22)16-17(21-10-14-24-15-11-21)6-4-5-7-20-8-12-23-13-9-20/h17H,4-16H2,1-3H3. The Kier molecular flexibility index (Phi) is 8.62. The van der Waals surface area contributed by atoms with Gasteiger partial charge in [-0.05, 0) is 40.2 Å². The summed E-state index contributed by atoms with van der Waals surface area (Å²) in [5.41, 5.74) is -0.414. The molecule has 6 heteroatoms. The van der Waals surface area contributed by atoms with Gasteiger partial charge in [0.2, 0.25) is 0 Å². The number of unbranched alkanes of at least 4 members (excludes halogenated alkanes) is 1. The zero-order chi connectivity index (χ0) is 18.1. The molecule has 0 saturated carbocycles. The summed E-state index contributed by atoms with van der Waals surface area (Å²) >= 11 is 0. The Bertz CT molecular complexity index is 385. The molecular formula is C19H36N2O4. The lowest BCUT2D eigenvalue weighted by Crippen LogP contribution is -2.45. The molecule has 6 nitrogen and oxygen atoms in total. The van der Waals surface area contributed by atoms with Gasteiger partial charge in [0.1, 0.15) is 5.60 Å². The van der Waals surface area contributed by atoms with E-state index in [-0.39, 0.29) is 12.0 Å². The first kappa shape index (κ1) is 20.6. The third kappa shape index (κ3) is 8.49. The van der Waals surface area contributed by atoms with Crippen LogP contribution in [0.25, 0.3) is 0 Å². The minimum atomic E-state index is -0.414. The normalized spacial score (nSPS) is 21.9. The van der Waals surface area contributed by atoms with Gasteiger partial charge >= 0.3 is 5.97 Å². The van der Waals surface area contributed by atoms with Crippen molar-refractivity contribution in [2.45, 2.75) is 58.1 Å². The number of carbonyl (C=O) groups is 1. The second-order valence-corrected chi connectivity index (χ2v) is 8.04. The van der Waals surface area contributed by atoms with Crippen LogP contribution in [-0.2, 0) is 19.0 Å². The van der Waals surface area contributed by atoms with E-state index >= 15 is 0 Å². The van der Waals surface area contributed by atoms with Gasteiger partial charge in [-0.2, -0.15) is 0 Å². The van der Waals surface area contributed by atoms with Gasteiger partial charge in [-0.1, -0.05) is 6.42 Å². The van der Waals surface area contributed by atoms with Gasteiger partial charge in [-0.3, -0.25) is 14.6 Å². The average Bonchev–Trinajstić information content (AvgIpc) is 2.58. The van der Waals surface area contributed by atoms with E-state index in [0.29, 0.717) is 6.42 Å². The highest BCUT2D eigenvalue weighted by molar-refractivity contribution is 5.70. The lowest BCUT2D eigenvalue weighted by atomic mass is 10.0. The van der Waals surface area contributed by atoms with Crippen LogP contribution in [-0.4, -0.2) is 86.6 Å². The second-order valence-electron chi connectivity index (χ2n) is 8.04. The Morgan fingerprint density at radius 3 is 2.20 bits per heavy atom. The van der Waals surface area contributed by atoms with Gasteiger partial charge in [-0.25, -0.2) is 0 Å². The number of rotatable bonds is 8. The molecule has 1 atom stereocenters. The fraction of sp³-hybridized carbons (Fsp3) is 0.947. The number of carbonyl (C=O) groups excluding carboxylic acids is 1. The molecule has 0 aliphatic carbocycles. The number of ether oxygens (including phenoxy) is 3. The lowest BCUT2D eigenvalue weighted by molar-refractivity contribution is -0.156. The molecule has 2 aliphatic heterocycles. The van der Waals surface area contributed by atoms with Crippen molar-refractivity contribution < 1.29 is 19.0 Å². The fourth-order valence-corrected chi connectivity index (χ4v) is 3.47. The Morgan fingerprint density at radius 2 is 1.60 bits per heavy atom. The van der Waals surface area contributed by atoms with Crippen LogP contribution < -0.4 is 0 Å². The quantitative estimate of drug-likeness (QED) is 0.489. The highest BCUT2D eigenvalue weighted by Crippen LogP contribution is 2.18. The molecule has 1 unspecified atom stereocenters. The summed E-state index contributed by atoms with van der Waals surface area (Å²) in [6.45, 7) is 14.1. The van der Waals surface area contributed by atoms with E-state index in [2.05, 4.69) is 9.80 Å². The summed E-state index contributed by atoms with van der Waals surface area (Å²) in [6, 6.07) is 0.267. The van der Waals surface area contributed by atoms with Crippen molar-refractivity contribution in [3.8, 4) is 0 Å². The Labute approximate surface area is 152 Å². The van der Waals surface area contributed by atoms with Crippen molar-refractivity contribution in [1.29, 1.82) is 0 Å². The minimum Gasteiger partial charge on any atom is -0.460 e. The van der Waals surface area contributed by atoms with Gasteiger partial charge < -0.3 is 14.2 Å². The van der Waals surface area contributed by atoms with Crippen LogP contribution in [0.3, 0.4) is 0 Å². The van der Waals surface area contributed by atoms with Crippen molar-refractivity contribution in [2.75, 3.05) is 59.2 Å². The molecule has 2 aliphatic rings. The van der Waals surface area contributed by atoms with Crippen LogP contribution in [0.2, 0.25) is 0 Å². The van der Waals surface area contributed by atoms with Crippen molar-refractivity contribution in [1.82, 2.24) is 9.80 Å². The number of morpholine rings is 2. The maximum atomic E-state index is 12.3. The first-order valence-electron chi connectivity index (χ1n) is 9.78. The zero-order valence-corrected chi connectivity index (χ0v) is 16.3. The monoisotopic (exact) mass is 356 g/mol. The maximum absolute atomic E-state index is 12.3. The Balaban J connectivity index is 1.76. The second kappa shape index (κ2) is 10.5. The first-order valence-corrected chi connectivity index (χ1v) is 9.78. The number of esters is 1. The molecule has 146 valence electrons. The molecule has 0 aromatic rings. The van der Waals surface area contributed by atoms with Crippen LogP contribution in [0.15, 0.2) is 0 Å². The van der Waals surface area contributed by atoms with Crippen LogP contribution in [0.4, 0.5) is 0 Å². The molecule has 2 heterocycles. The molecule has 25 heavy (non-hydrogen) atoms. The first-order chi connectivity index (χ1) is 11.9. The Morgan fingerprint density at radius 1 is 1.00 bits per heavy atom. The van der Waals surface area contributed by atoms with Crippen LogP contribution in [0.5, 0.6) is 0 Å². The predicted octanol–water partition coefficient (Wildman–Crippen LogP) is 1.92. The van der Waals surface area contributed by atoms with E-state index in [4.69, 9.17) is 14.2 Å². The molecule has 0 radical (unpaired) electrons. The van der Waals surface area contributed by atoms with E-state index < -0.39 is 5.60 Å². The summed E-state index contributed by atoms with van der Waals surface area (Å²) < 4.78 is 16.4. The van der Waals surface area contributed by atoms with Gasteiger partial charge in [0.25, 0.3) is 0 Å². The fourth-order valence-electron chi connectivity index (χ4n) is 3.47. The van der Waals surface area contributed by atoms with Crippen LogP contribution >= 0.6 is 0 Å². The van der Waals surface area contributed by atoms with E-state index in [1.54, 1.807) is 0 Å². The van der Waals surface area contributed by atoms with Crippen molar-refractivity contribution >= 4 is 5.97 Å².